The molecular formula is C23H21N3O3S. The minimum atomic E-state index is -3.82. The molecule has 0 aliphatic carbocycles. The predicted molar refractivity (Wildman–Crippen MR) is 119 cm³/mol. The molecule has 6 nitrogen and oxygen atoms in total. The fourth-order valence-corrected chi connectivity index (χ4v) is 4.90. The maximum atomic E-state index is 13.2. The summed E-state index contributed by atoms with van der Waals surface area (Å²) in [4.78, 5) is 12.2. The Morgan fingerprint density at radius 2 is 1.60 bits per heavy atom. The van der Waals surface area contributed by atoms with Gasteiger partial charge in [-0.2, -0.15) is 5.10 Å². The molecule has 152 valence electrons. The third-order valence-corrected chi connectivity index (χ3v) is 6.58. The van der Waals surface area contributed by atoms with E-state index in [0.29, 0.717) is 33.3 Å². The molecule has 0 fully saturated rings. The Bertz CT molecular complexity index is 1440. The van der Waals surface area contributed by atoms with E-state index in [1.165, 1.54) is 0 Å². The first-order valence-corrected chi connectivity index (χ1v) is 10.9. The highest BCUT2D eigenvalue weighted by Gasteiger charge is 2.20. The Balaban J connectivity index is 1.83. The number of aromatic nitrogens is 2. The number of aromatic amines is 1. The van der Waals surface area contributed by atoms with E-state index in [0.717, 1.165) is 11.1 Å². The van der Waals surface area contributed by atoms with Crippen LogP contribution in [-0.2, 0) is 10.0 Å². The first-order chi connectivity index (χ1) is 14.3. The van der Waals surface area contributed by atoms with Gasteiger partial charge < -0.3 is 0 Å². The molecule has 3 aromatic carbocycles. The summed E-state index contributed by atoms with van der Waals surface area (Å²) in [5, 5.41) is 7.84. The second-order valence-electron chi connectivity index (χ2n) is 7.35. The molecule has 0 amide bonds. The lowest BCUT2D eigenvalue weighted by Crippen LogP contribution is -2.15. The van der Waals surface area contributed by atoms with Gasteiger partial charge in [0.15, 0.2) is 0 Å². The van der Waals surface area contributed by atoms with E-state index >= 15 is 0 Å². The number of aryl methyl sites for hydroxylation is 3. The first-order valence-electron chi connectivity index (χ1n) is 9.45. The minimum absolute atomic E-state index is 0.164. The highest BCUT2D eigenvalue weighted by atomic mass is 32.2. The lowest BCUT2D eigenvalue weighted by molar-refractivity contribution is 0.600. The molecule has 30 heavy (non-hydrogen) atoms. The molecule has 0 saturated heterocycles. The van der Waals surface area contributed by atoms with Gasteiger partial charge in [-0.25, -0.2) is 13.5 Å². The molecule has 1 aromatic heterocycles. The van der Waals surface area contributed by atoms with Gasteiger partial charge in [-0.05, 0) is 50.1 Å². The number of hydrogen-bond donors (Lipinski definition) is 2. The molecule has 0 bridgehead atoms. The van der Waals surface area contributed by atoms with Crippen LogP contribution in [0.5, 0.6) is 0 Å². The van der Waals surface area contributed by atoms with Crippen molar-refractivity contribution in [2.24, 2.45) is 0 Å². The van der Waals surface area contributed by atoms with Gasteiger partial charge in [-0.3, -0.25) is 9.52 Å². The predicted octanol–water partition coefficient (Wildman–Crippen LogP) is 4.32. The van der Waals surface area contributed by atoms with Gasteiger partial charge in [0, 0.05) is 10.9 Å². The smallest absolute Gasteiger partial charge is 0.272 e. The van der Waals surface area contributed by atoms with E-state index in [1.54, 1.807) is 49.4 Å². The van der Waals surface area contributed by atoms with E-state index in [4.69, 9.17) is 0 Å². The number of sulfonamides is 1. The summed E-state index contributed by atoms with van der Waals surface area (Å²) >= 11 is 0. The summed E-state index contributed by atoms with van der Waals surface area (Å²) in [6, 6.07) is 17.8. The van der Waals surface area contributed by atoms with Crippen LogP contribution in [0.2, 0.25) is 0 Å². The fraction of sp³-hybridized carbons (Fsp3) is 0.130. The van der Waals surface area contributed by atoms with Crippen LogP contribution in [0.3, 0.4) is 0 Å². The third-order valence-electron chi connectivity index (χ3n) is 5.07. The summed E-state index contributed by atoms with van der Waals surface area (Å²) in [6.45, 7) is 5.57. The van der Waals surface area contributed by atoms with Gasteiger partial charge in [-0.15, -0.1) is 0 Å². The highest BCUT2D eigenvalue weighted by molar-refractivity contribution is 7.92. The molecule has 0 aliphatic heterocycles. The molecular weight excluding hydrogens is 398 g/mol. The Kier molecular flexibility index (Phi) is 4.91. The number of nitrogens with one attached hydrogen (secondary N) is 2. The van der Waals surface area contributed by atoms with Gasteiger partial charge in [0.2, 0.25) is 0 Å². The largest absolute Gasteiger partial charge is 0.279 e. The van der Waals surface area contributed by atoms with Crippen LogP contribution in [-0.4, -0.2) is 18.6 Å². The molecule has 2 N–H and O–H groups in total. The molecule has 7 heteroatoms. The van der Waals surface area contributed by atoms with Gasteiger partial charge in [0.05, 0.1) is 21.7 Å². The van der Waals surface area contributed by atoms with E-state index in [1.807, 2.05) is 32.0 Å². The van der Waals surface area contributed by atoms with Crippen molar-refractivity contribution in [3.8, 4) is 11.3 Å². The van der Waals surface area contributed by atoms with E-state index in [9.17, 15) is 13.2 Å². The fourth-order valence-electron chi connectivity index (χ4n) is 3.50. The van der Waals surface area contributed by atoms with Gasteiger partial charge in [-0.1, -0.05) is 48.0 Å². The van der Waals surface area contributed by atoms with Crippen molar-refractivity contribution < 1.29 is 8.42 Å². The number of benzene rings is 3. The van der Waals surface area contributed by atoms with Crippen molar-refractivity contribution in [3.63, 3.8) is 0 Å². The lowest BCUT2D eigenvalue weighted by Gasteiger charge is -2.14. The van der Waals surface area contributed by atoms with E-state index < -0.39 is 10.0 Å². The topological polar surface area (TPSA) is 91.9 Å². The number of fused-ring (bicyclic) bond motifs is 1. The normalized spacial score (nSPS) is 11.6. The van der Waals surface area contributed by atoms with Crippen LogP contribution in [0, 0.1) is 20.8 Å². The quantitative estimate of drug-likeness (QED) is 0.515. The maximum absolute atomic E-state index is 13.2. The molecule has 0 spiro atoms. The number of rotatable bonds is 4. The zero-order chi connectivity index (χ0) is 21.5. The van der Waals surface area contributed by atoms with Crippen molar-refractivity contribution in [3.05, 3.63) is 87.7 Å². The molecule has 4 rings (SSSR count). The van der Waals surface area contributed by atoms with Crippen molar-refractivity contribution in [2.45, 2.75) is 25.7 Å². The average Bonchev–Trinajstić information content (AvgIpc) is 2.71. The molecule has 0 radical (unpaired) electrons. The Hall–Kier alpha value is -3.45. The van der Waals surface area contributed by atoms with Crippen LogP contribution < -0.4 is 10.3 Å². The first kappa shape index (κ1) is 19.8. The standard InChI is InChI=1S/C23H21N3O3S/c1-14-8-11-20(16(3)12-14)26-30(28,29)21-13-17(10-9-15(21)2)22-18-6-4-5-7-19(18)23(27)25-24-22/h4-13,26H,1-3H3,(H,25,27). The van der Waals surface area contributed by atoms with Crippen molar-refractivity contribution in [2.75, 3.05) is 4.72 Å². The number of H-pyrrole nitrogens is 1. The number of hydrogen-bond acceptors (Lipinski definition) is 4. The number of anilines is 1. The van der Waals surface area contributed by atoms with Gasteiger partial charge in [0.25, 0.3) is 15.6 Å². The monoisotopic (exact) mass is 419 g/mol. The summed E-state index contributed by atoms with van der Waals surface area (Å²) in [5.74, 6) is 0. The van der Waals surface area contributed by atoms with Crippen molar-refractivity contribution in [1.29, 1.82) is 0 Å². The zero-order valence-corrected chi connectivity index (χ0v) is 17.7. The highest BCUT2D eigenvalue weighted by Crippen LogP contribution is 2.29. The van der Waals surface area contributed by atoms with Gasteiger partial charge in [0.1, 0.15) is 0 Å². The molecule has 0 aliphatic rings. The SMILES string of the molecule is Cc1ccc(NS(=O)(=O)c2cc(-c3n[nH]c(=O)c4ccccc34)ccc2C)c(C)c1. The summed E-state index contributed by atoms with van der Waals surface area (Å²) in [7, 11) is -3.82. The maximum Gasteiger partial charge on any atom is 0.272 e. The molecule has 4 aromatic rings. The van der Waals surface area contributed by atoms with Crippen molar-refractivity contribution >= 4 is 26.5 Å². The second-order valence-corrected chi connectivity index (χ2v) is 9.00. The van der Waals surface area contributed by atoms with E-state index in [-0.39, 0.29) is 10.5 Å². The average molecular weight is 420 g/mol. The molecule has 0 unspecified atom stereocenters. The second kappa shape index (κ2) is 7.42. The molecule has 0 saturated carbocycles. The summed E-state index contributed by atoms with van der Waals surface area (Å²) < 4.78 is 29.0. The zero-order valence-electron chi connectivity index (χ0n) is 16.9. The number of nitrogens with zero attached hydrogens (tertiary/aromatic N) is 1. The van der Waals surface area contributed by atoms with Crippen LogP contribution in [0.4, 0.5) is 5.69 Å². The molecule has 0 atom stereocenters. The van der Waals surface area contributed by atoms with Crippen LogP contribution >= 0.6 is 0 Å². The van der Waals surface area contributed by atoms with Gasteiger partial charge >= 0.3 is 0 Å². The van der Waals surface area contributed by atoms with Crippen LogP contribution in [0.1, 0.15) is 16.7 Å². The third kappa shape index (κ3) is 3.59. The summed E-state index contributed by atoms with van der Waals surface area (Å²) in [6.07, 6.45) is 0. The van der Waals surface area contributed by atoms with Crippen molar-refractivity contribution in [1.82, 2.24) is 10.2 Å². The Morgan fingerprint density at radius 1 is 0.867 bits per heavy atom. The summed E-state index contributed by atoms with van der Waals surface area (Å²) in [5.41, 5.74) is 3.90. The molecule has 1 heterocycles. The van der Waals surface area contributed by atoms with E-state index in [2.05, 4.69) is 14.9 Å². The lowest BCUT2D eigenvalue weighted by atomic mass is 10.0. The van der Waals surface area contributed by atoms with Crippen LogP contribution in [0.15, 0.2) is 70.4 Å². The minimum Gasteiger partial charge on any atom is -0.279 e. The Morgan fingerprint density at radius 3 is 2.33 bits per heavy atom. The van der Waals surface area contributed by atoms with Crippen LogP contribution in [0.25, 0.3) is 22.0 Å². The Labute approximate surface area is 174 Å².